The maximum absolute atomic E-state index is 12.8. The fraction of sp³-hybridized carbons (Fsp3) is 0.571. The topological polar surface area (TPSA) is 87.5 Å². The Morgan fingerprint density at radius 3 is 2.64 bits per heavy atom. The molecule has 0 radical (unpaired) electrons. The molecule has 1 aliphatic heterocycles. The molecule has 0 saturated carbocycles. The number of benzene rings is 1. The van der Waals surface area contributed by atoms with E-state index in [0.29, 0.717) is 24.3 Å². The zero-order valence-electron chi connectivity index (χ0n) is 13.0. The van der Waals surface area contributed by atoms with Crippen LogP contribution in [-0.4, -0.2) is 48.1 Å². The van der Waals surface area contributed by atoms with Crippen molar-refractivity contribution in [2.24, 2.45) is 0 Å². The minimum Gasteiger partial charge on any atom is -0.494 e. The molecular weight excluding hydrogens is 324 g/mol. The molecule has 124 valence electrons. The predicted molar refractivity (Wildman–Crippen MR) is 86.3 cm³/mol. The third kappa shape index (κ3) is 3.44. The van der Waals surface area contributed by atoms with E-state index in [-0.39, 0.29) is 22.4 Å². The van der Waals surface area contributed by atoms with E-state index >= 15 is 0 Å². The second-order valence-corrected chi connectivity index (χ2v) is 9.84. The molecule has 0 bridgehead atoms. The molecule has 2 rings (SSSR count). The van der Waals surface area contributed by atoms with E-state index in [9.17, 15) is 12.6 Å². The zero-order chi connectivity index (χ0) is 16.5. The Morgan fingerprint density at radius 1 is 1.45 bits per heavy atom. The van der Waals surface area contributed by atoms with Crippen molar-refractivity contribution in [2.75, 3.05) is 25.2 Å². The maximum atomic E-state index is 12.8. The Kier molecular flexibility index (Phi) is 4.84. The lowest BCUT2D eigenvalue weighted by Gasteiger charge is -2.24. The number of nitrogens with zero attached hydrogens (tertiary/aromatic N) is 1. The summed E-state index contributed by atoms with van der Waals surface area (Å²) in [7, 11) is -4.80. The van der Waals surface area contributed by atoms with Gasteiger partial charge in [0.2, 0.25) is 10.0 Å². The smallest absolute Gasteiger partial charge is 0.243 e. The molecule has 1 aliphatic rings. The normalized spacial score (nSPS) is 25.5. The third-order valence-corrected chi connectivity index (χ3v) is 7.76. The van der Waals surface area contributed by atoms with Crippen molar-refractivity contribution in [2.45, 2.75) is 31.2 Å². The summed E-state index contributed by atoms with van der Waals surface area (Å²) in [4.78, 5) is 0.224. The third-order valence-electron chi connectivity index (χ3n) is 3.87. The van der Waals surface area contributed by atoms with E-state index in [2.05, 4.69) is 0 Å². The molecule has 2 atom stereocenters. The summed E-state index contributed by atoms with van der Waals surface area (Å²) in [6, 6.07) is 4.51. The van der Waals surface area contributed by atoms with Crippen LogP contribution in [0, 0.1) is 11.7 Å². The van der Waals surface area contributed by atoms with Crippen LogP contribution in [-0.2, 0) is 19.8 Å². The second kappa shape index (κ2) is 6.17. The SMILES string of the molecule is CCOc1ccc(S(=O)(=O)N(C)C2CCS(=N)(=O)C2)c(C)c1. The molecule has 0 spiro atoms. The van der Waals surface area contributed by atoms with Crippen molar-refractivity contribution < 1.29 is 17.4 Å². The fourth-order valence-corrected chi connectivity index (χ4v) is 6.12. The standard InChI is InChI=1S/C14H22N2O4S2/c1-4-20-13-5-6-14(11(2)9-13)22(18,19)16(3)12-7-8-21(15,17)10-12/h5-6,9,12,15H,4,7-8,10H2,1-3H3. The Hall–Kier alpha value is -1.12. The van der Waals surface area contributed by atoms with Crippen LogP contribution in [0.15, 0.2) is 23.1 Å². The molecule has 22 heavy (non-hydrogen) atoms. The van der Waals surface area contributed by atoms with Gasteiger partial charge in [0.15, 0.2) is 0 Å². The lowest BCUT2D eigenvalue weighted by Crippen LogP contribution is -2.38. The van der Waals surface area contributed by atoms with Crippen molar-refractivity contribution >= 4 is 19.8 Å². The second-order valence-electron chi connectivity index (χ2n) is 5.51. The minimum atomic E-state index is -3.67. The number of sulfonamides is 1. The highest BCUT2D eigenvalue weighted by Gasteiger charge is 2.35. The van der Waals surface area contributed by atoms with Gasteiger partial charge in [0, 0.05) is 34.3 Å². The molecule has 1 fully saturated rings. The van der Waals surface area contributed by atoms with Crippen LogP contribution < -0.4 is 4.74 Å². The highest BCUT2D eigenvalue weighted by molar-refractivity contribution is 7.93. The molecule has 1 aromatic rings. The van der Waals surface area contributed by atoms with Crippen LogP contribution in [0.5, 0.6) is 5.75 Å². The highest BCUT2D eigenvalue weighted by atomic mass is 32.2. The van der Waals surface area contributed by atoms with Crippen molar-refractivity contribution in [1.29, 1.82) is 4.78 Å². The van der Waals surface area contributed by atoms with E-state index in [1.165, 1.54) is 11.4 Å². The Morgan fingerprint density at radius 2 is 2.14 bits per heavy atom. The van der Waals surface area contributed by atoms with Crippen LogP contribution in [0.3, 0.4) is 0 Å². The predicted octanol–water partition coefficient (Wildman–Crippen LogP) is 1.83. The van der Waals surface area contributed by atoms with Crippen molar-refractivity contribution in [3.63, 3.8) is 0 Å². The van der Waals surface area contributed by atoms with Gasteiger partial charge in [0.05, 0.1) is 11.5 Å². The molecule has 1 N–H and O–H groups in total. The molecule has 8 heteroatoms. The van der Waals surface area contributed by atoms with Crippen molar-refractivity contribution in [3.8, 4) is 5.75 Å². The van der Waals surface area contributed by atoms with E-state index in [1.807, 2.05) is 6.92 Å². The first-order valence-corrected chi connectivity index (χ1v) is 10.5. The number of rotatable bonds is 5. The van der Waals surface area contributed by atoms with Crippen LogP contribution in [0.1, 0.15) is 18.9 Å². The summed E-state index contributed by atoms with van der Waals surface area (Å²) >= 11 is 0. The lowest BCUT2D eigenvalue weighted by molar-refractivity contribution is 0.339. The molecule has 0 amide bonds. The monoisotopic (exact) mass is 346 g/mol. The van der Waals surface area contributed by atoms with Crippen LogP contribution in [0.2, 0.25) is 0 Å². The van der Waals surface area contributed by atoms with Gasteiger partial charge in [-0.3, -0.25) is 4.78 Å². The minimum absolute atomic E-state index is 0.110. The van der Waals surface area contributed by atoms with Crippen LogP contribution in [0.25, 0.3) is 0 Å². The Bertz CT molecular complexity index is 757. The molecule has 1 heterocycles. The fourth-order valence-electron chi connectivity index (χ4n) is 2.61. The number of hydrogen-bond donors (Lipinski definition) is 1. The highest BCUT2D eigenvalue weighted by Crippen LogP contribution is 2.27. The average Bonchev–Trinajstić information content (AvgIpc) is 2.78. The first-order valence-electron chi connectivity index (χ1n) is 7.13. The zero-order valence-corrected chi connectivity index (χ0v) is 14.7. The molecule has 6 nitrogen and oxygen atoms in total. The van der Waals surface area contributed by atoms with Crippen molar-refractivity contribution in [3.05, 3.63) is 23.8 Å². The number of nitrogens with one attached hydrogen (secondary N) is 1. The Balaban J connectivity index is 2.30. The summed E-state index contributed by atoms with van der Waals surface area (Å²) in [5.74, 6) is 1.01. The maximum Gasteiger partial charge on any atom is 0.243 e. The summed E-state index contributed by atoms with van der Waals surface area (Å²) < 4.78 is 51.5. The van der Waals surface area contributed by atoms with Gasteiger partial charge in [-0.1, -0.05) is 0 Å². The van der Waals surface area contributed by atoms with Gasteiger partial charge in [-0.25, -0.2) is 12.6 Å². The molecule has 0 aromatic heterocycles. The van der Waals surface area contributed by atoms with Crippen molar-refractivity contribution in [1.82, 2.24) is 4.31 Å². The molecule has 1 saturated heterocycles. The van der Waals surface area contributed by atoms with Gasteiger partial charge >= 0.3 is 0 Å². The average molecular weight is 346 g/mol. The van der Waals surface area contributed by atoms with E-state index in [1.54, 1.807) is 25.1 Å². The number of hydrogen-bond acceptors (Lipinski definition) is 5. The number of aryl methyl sites for hydroxylation is 1. The van der Waals surface area contributed by atoms with E-state index in [4.69, 9.17) is 9.52 Å². The van der Waals surface area contributed by atoms with Gasteiger partial charge in [0.25, 0.3) is 0 Å². The largest absolute Gasteiger partial charge is 0.494 e. The first kappa shape index (κ1) is 17.2. The lowest BCUT2D eigenvalue weighted by atomic mass is 10.2. The van der Waals surface area contributed by atoms with Crippen LogP contribution in [0.4, 0.5) is 0 Å². The number of ether oxygens (including phenoxy) is 1. The van der Waals surface area contributed by atoms with Gasteiger partial charge < -0.3 is 4.74 Å². The Labute approximate surface area is 132 Å². The quantitative estimate of drug-likeness (QED) is 0.881. The molecular formula is C14H22N2O4S2. The molecule has 0 aliphatic carbocycles. The van der Waals surface area contributed by atoms with E-state index in [0.717, 1.165) is 0 Å². The molecule has 1 aromatic carbocycles. The van der Waals surface area contributed by atoms with Gasteiger partial charge in [-0.05, 0) is 44.0 Å². The van der Waals surface area contributed by atoms with Gasteiger partial charge in [-0.2, -0.15) is 4.31 Å². The molecule has 2 unspecified atom stereocenters. The van der Waals surface area contributed by atoms with Crippen LogP contribution >= 0.6 is 0 Å². The first-order chi connectivity index (χ1) is 10.2. The van der Waals surface area contributed by atoms with Gasteiger partial charge in [-0.15, -0.1) is 0 Å². The summed E-state index contributed by atoms with van der Waals surface area (Å²) in [6.07, 6.45) is 0.466. The van der Waals surface area contributed by atoms with Gasteiger partial charge in [0.1, 0.15) is 5.75 Å². The van der Waals surface area contributed by atoms with E-state index < -0.39 is 19.8 Å². The summed E-state index contributed by atoms with van der Waals surface area (Å²) in [5, 5.41) is 0. The summed E-state index contributed by atoms with van der Waals surface area (Å²) in [6.45, 7) is 4.11. The summed E-state index contributed by atoms with van der Waals surface area (Å²) in [5.41, 5.74) is 0.613.